The Morgan fingerprint density at radius 3 is 2.88 bits per heavy atom. The number of rotatable bonds is 7. The monoisotopic (exact) mass is 354 g/mol. The molecule has 0 bridgehead atoms. The molecule has 0 amide bonds. The van der Waals surface area contributed by atoms with Gasteiger partial charge in [0.15, 0.2) is 5.96 Å². The van der Waals surface area contributed by atoms with Gasteiger partial charge in [-0.1, -0.05) is 30.3 Å². The lowest BCUT2D eigenvalue weighted by Crippen LogP contribution is -2.44. The molecule has 1 aromatic carbocycles. The summed E-state index contributed by atoms with van der Waals surface area (Å²) < 4.78 is 2.05. The van der Waals surface area contributed by atoms with Crippen LogP contribution in [0.5, 0.6) is 0 Å². The first-order valence-electron chi connectivity index (χ1n) is 9.53. The van der Waals surface area contributed by atoms with Gasteiger partial charge in [-0.15, -0.1) is 0 Å². The van der Waals surface area contributed by atoms with Crippen molar-refractivity contribution in [2.45, 2.75) is 45.4 Å². The largest absolute Gasteiger partial charge is 0.357 e. The molecule has 6 nitrogen and oxygen atoms in total. The Kier molecular flexibility index (Phi) is 6.66. The van der Waals surface area contributed by atoms with Crippen LogP contribution in [0.15, 0.2) is 54.0 Å². The third-order valence-electron chi connectivity index (χ3n) is 4.80. The Bertz CT molecular complexity index is 667. The Morgan fingerprint density at radius 2 is 2.15 bits per heavy atom. The molecule has 26 heavy (non-hydrogen) atoms. The summed E-state index contributed by atoms with van der Waals surface area (Å²) in [4.78, 5) is 11.3. The Balaban J connectivity index is 1.52. The van der Waals surface area contributed by atoms with Gasteiger partial charge in [0.25, 0.3) is 0 Å². The van der Waals surface area contributed by atoms with E-state index in [4.69, 9.17) is 4.99 Å². The van der Waals surface area contributed by atoms with E-state index in [-0.39, 0.29) is 0 Å². The van der Waals surface area contributed by atoms with E-state index < -0.39 is 0 Å². The van der Waals surface area contributed by atoms with Crippen molar-refractivity contribution in [3.8, 4) is 0 Å². The summed E-state index contributed by atoms with van der Waals surface area (Å²) in [6, 6.07) is 11.7. The zero-order valence-corrected chi connectivity index (χ0v) is 15.8. The number of benzene rings is 1. The maximum atomic E-state index is 4.71. The van der Waals surface area contributed by atoms with Crippen LogP contribution in [0.3, 0.4) is 0 Å². The van der Waals surface area contributed by atoms with Crippen LogP contribution >= 0.6 is 0 Å². The summed E-state index contributed by atoms with van der Waals surface area (Å²) in [5, 5.41) is 6.98. The van der Waals surface area contributed by atoms with Crippen LogP contribution < -0.4 is 10.6 Å². The maximum Gasteiger partial charge on any atom is 0.191 e. The van der Waals surface area contributed by atoms with Crippen LogP contribution in [0.1, 0.15) is 25.8 Å². The number of hydrogen-bond acceptors (Lipinski definition) is 3. The summed E-state index contributed by atoms with van der Waals surface area (Å²) in [6.45, 7) is 8.92. The second-order valence-electron chi connectivity index (χ2n) is 6.90. The summed E-state index contributed by atoms with van der Waals surface area (Å²) >= 11 is 0. The predicted molar refractivity (Wildman–Crippen MR) is 106 cm³/mol. The SMILES string of the molecule is CCNC(=NCCn1ccnc1)NC1CC(C)N(Cc2ccccc2)C1. The van der Waals surface area contributed by atoms with Gasteiger partial charge in [-0.2, -0.15) is 0 Å². The molecule has 1 saturated heterocycles. The molecule has 140 valence electrons. The number of imidazole rings is 1. The summed E-state index contributed by atoms with van der Waals surface area (Å²) in [5.41, 5.74) is 1.38. The smallest absolute Gasteiger partial charge is 0.191 e. The summed E-state index contributed by atoms with van der Waals surface area (Å²) in [5.74, 6) is 0.909. The second kappa shape index (κ2) is 9.38. The number of guanidine groups is 1. The highest BCUT2D eigenvalue weighted by atomic mass is 15.3. The Morgan fingerprint density at radius 1 is 1.31 bits per heavy atom. The van der Waals surface area contributed by atoms with Gasteiger partial charge in [-0.05, 0) is 25.8 Å². The molecule has 0 saturated carbocycles. The van der Waals surface area contributed by atoms with Gasteiger partial charge < -0.3 is 15.2 Å². The normalized spacial score (nSPS) is 21.1. The topological polar surface area (TPSA) is 57.5 Å². The first-order chi connectivity index (χ1) is 12.7. The van der Waals surface area contributed by atoms with E-state index >= 15 is 0 Å². The molecule has 2 aromatic rings. The molecule has 1 fully saturated rings. The molecule has 3 rings (SSSR count). The minimum atomic E-state index is 0.430. The van der Waals surface area contributed by atoms with Gasteiger partial charge in [-0.3, -0.25) is 9.89 Å². The highest BCUT2D eigenvalue weighted by Gasteiger charge is 2.29. The number of aliphatic imine (C=N–C) groups is 1. The van der Waals surface area contributed by atoms with Gasteiger partial charge in [0.2, 0.25) is 0 Å². The quantitative estimate of drug-likeness (QED) is 0.591. The molecule has 2 heterocycles. The van der Waals surface area contributed by atoms with Crippen LogP contribution in [0.4, 0.5) is 0 Å². The standard InChI is InChI=1S/C20H30N6/c1-3-22-20(23-10-12-25-11-9-21-16-25)24-19-13-17(2)26(15-19)14-18-7-5-4-6-8-18/h4-9,11,16-17,19H,3,10,12-15H2,1-2H3,(H2,22,23,24). The number of nitrogens with one attached hydrogen (secondary N) is 2. The lowest BCUT2D eigenvalue weighted by Gasteiger charge is -2.21. The van der Waals surface area contributed by atoms with E-state index in [1.807, 2.05) is 17.1 Å². The molecule has 0 spiro atoms. The van der Waals surface area contributed by atoms with Gasteiger partial charge in [0.1, 0.15) is 0 Å². The van der Waals surface area contributed by atoms with E-state index in [0.717, 1.165) is 45.1 Å². The van der Waals surface area contributed by atoms with Crippen molar-refractivity contribution in [2.75, 3.05) is 19.6 Å². The van der Waals surface area contributed by atoms with E-state index in [0.29, 0.717) is 12.1 Å². The molecular weight excluding hydrogens is 324 g/mol. The molecule has 0 radical (unpaired) electrons. The summed E-state index contributed by atoms with van der Waals surface area (Å²) in [6.07, 6.45) is 6.74. The van der Waals surface area contributed by atoms with Crippen molar-refractivity contribution in [3.63, 3.8) is 0 Å². The maximum absolute atomic E-state index is 4.71. The zero-order chi connectivity index (χ0) is 18.2. The highest BCUT2D eigenvalue weighted by molar-refractivity contribution is 5.80. The van der Waals surface area contributed by atoms with Crippen LogP contribution in [0.2, 0.25) is 0 Å². The van der Waals surface area contributed by atoms with Gasteiger partial charge in [0.05, 0.1) is 12.9 Å². The number of hydrogen-bond donors (Lipinski definition) is 2. The zero-order valence-electron chi connectivity index (χ0n) is 15.8. The summed E-state index contributed by atoms with van der Waals surface area (Å²) in [7, 11) is 0. The molecular formula is C20H30N6. The lowest BCUT2D eigenvalue weighted by atomic mass is 10.2. The Labute approximate surface area is 156 Å². The van der Waals surface area contributed by atoms with Crippen molar-refractivity contribution in [1.29, 1.82) is 0 Å². The van der Waals surface area contributed by atoms with Gasteiger partial charge in [-0.25, -0.2) is 4.98 Å². The fourth-order valence-electron chi connectivity index (χ4n) is 3.45. The fraction of sp³-hybridized carbons (Fsp3) is 0.500. The molecule has 6 heteroatoms. The highest BCUT2D eigenvalue weighted by Crippen LogP contribution is 2.20. The van der Waals surface area contributed by atoms with Crippen LogP contribution in [-0.4, -0.2) is 52.1 Å². The van der Waals surface area contributed by atoms with Crippen molar-refractivity contribution < 1.29 is 0 Å². The van der Waals surface area contributed by atoms with E-state index in [9.17, 15) is 0 Å². The van der Waals surface area contributed by atoms with Crippen molar-refractivity contribution in [3.05, 3.63) is 54.6 Å². The first-order valence-corrected chi connectivity index (χ1v) is 9.53. The molecule has 0 aliphatic carbocycles. The van der Waals surface area contributed by atoms with Gasteiger partial charge in [0, 0.05) is 50.7 Å². The number of aromatic nitrogens is 2. The average Bonchev–Trinajstić information content (AvgIpc) is 3.26. The Hall–Kier alpha value is -2.34. The first kappa shape index (κ1) is 18.5. The molecule has 2 atom stereocenters. The van der Waals surface area contributed by atoms with Crippen LogP contribution in [0, 0.1) is 0 Å². The third kappa shape index (κ3) is 5.33. The van der Waals surface area contributed by atoms with Crippen molar-refractivity contribution >= 4 is 5.96 Å². The number of nitrogens with zero attached hydrogens (tertiary/aromatic N) is 4. The van der Waals surface area contributed by atoms with E-state index in [1.54, 1.807) is 6.20 Å². The van der Waals surface area contributed by atoms with E-state index in [1.165, 1.54) is 5.56 Å². The molecule has 2 N–H and O–H groups in total. The van der Waals surface area contributed by atoms with E-state index in [2.05, 4.69) is 64.7 Å². The van der Waals surface area contributed by atoms with Crippen LogP contribution in [-0.2, 0) is 13.1 Å². The predicted octanol–water partition coefficient (Wildman–Crippen LogP) is 2.10. The van der Waals surface area contributed by atoms with Crippen molar-refractivity contribution in [1.82, 2.24) is 25.1 Å². The van der Waals surface area contributed by atoms with Gasteiger partial charge >= 0.3 is 0 Å². The molecule has 1 aromatic heterocycles. The average molecular weight is 355 g/mol. The second-order valence-corrected chi connectivity index (χ2v) is 6.90. The number of likely N-dealkylation sites (tertiary alicyclic amines) is 1. The van der Waals surface area contributed by atoms with Crippen molar-refractivity contribution in [2.24, 2.45) is 4.99 Å². The minimum absolute atomic E-state index is 0.430. The third-order valence-corrected chi connectivity index (χ3v) is 4.80. The molecule has 1 aliphatic heterocycles. The minimum Gasteiger partial charge on any atom is -0.357 e. The fourth-order valence-corrected chi connectivity index (χ4v) is 3.45. The lowest BCUT2D eigenvalue weighted by molar-refractivity contribution is 0.258. The molecule has 1 aliphatic rings. The van der Waals surface area contributed by atoms with Crippen LogP contribution in [0.25, 0.3) is 0 Å². The molecule has 2 unspecified atom stereocenters.